The van der Waals surface area contributed by atoms with Crippen LogP contribution >= 0.6 is 0 Å². The van der Waals surface area contributed by atoms with Crippen LogP contribution in [-0.4, -0.2) is 34.9 Å². The molecule has 0 unspecified atom stereocenters. The number of hydrogen-bond donors (Lipinski definition) is 0. The number of fused-ring (bicyclic) bond motifs is 1. The SMILES string of the molecule is COC(=O)[C@@H](C)OC(=O)c1nn(-c2ccccc2)c2c1CCC2. The molecule has 0 bridgehead atoms. The Balaban J connectivity index is 1.92. The molecule has 0 N–H and O–H groups in total. The van der Waals surface area contributed by atoms with E-state index in [4.69, 9.17) is 4.74 Å². The van der Waals surface area contributed by atoms with Crippen molar-refractivity contribution in [3.05, 3.63) is 47.3 Å². The van der Waals surface area contributed by atoms with Crippen LogP contribution in [0.5, 0.6) is 0 Å². The van der Waals surface area contributed by atoms with Crippen molar-refractivity contribution in [3.63, 3.8) is 0 Å². The van der Waals surface area contributed by atoms with E-state index in [9.17, 15) is 9.59 Å². The number of hydrogen-bond acceptors (Lipinski definition) is 5. The fourth-order valence-electron chi connectivity index (χ4n) is 2.81. The van der Waals surface area contributed by atoms with Gasteiger partial charge in [-0.1, -0.05) is 18.2 Å². The van der Waals surface area contributed by atoms with Crippen molar-refractivity contribution in [3.8, 4) is 5.69 Å². The van der Waals surface area contributed by atoms with Gasteiger partial charge in [0, 0.05) is 11.3 Å². The van der Waals surface area contributed by atoms with Gasteiger partial charge in [-0.25, -0.2) is 14.3 Å². The zero-order valence-corrected chi connectivity index (χ0v) is 13.1. The van der Waals surface area contributed by atoms with Crippen molar-refractivity contribution >= 4 is 11.9 Å². The molecule has 0 spiro atoms. The minimum Gasteiger partial charge on any atom is -0.466 e. The lowest BCUT2D eigenvalue weighted by Gasteiger charge is -2.10. The molecule has 1 aromatic carbocycles. The second-order valence-corrected chi connectivity index (χ2v) is 5.45. The number of methoxy groups -OCH3 is 1. The predicted octanol–water partition coefficient (Wildman–Crippen LogP) is 2.08. The zero-order chi connectivity index (χ0) is 16.4. The molecule has 6 nitrogen and oxygen atoms in total. The molecule has 0 aliphatic heterocycles. The monoisotopic (exact) mass is 314 g/mol. The van der Waals surface area contributed by atoms with Gasteiger partial charge in [0.15, 0.2) is 11.8 Å². The average Bonchev–Trinajstić information content (AvgIpc) is 3.16. The van der Waals surface area contributed by atoms with E-state index < -0.39 is 18.0 Å². The summed E-state index contributed by atoms with van der Waals surface area (Å²) in [5.41, 5.74) is 3.15. The zero-order valence-electron chi connectivity index (χ0n) is 13.1. The number of para-hydroxylation sites is 1. The number of rotatable bonds is 4. The van der Waals surface area contributed by atoms with Crippen molar-refractivity contribution in [1.82, 2.24) is 9.78 Å². The van der Waals surface area contributed by atoms with Crippen molar-refractivity contribution in [1.29, 1.82) is 0 Å². The van der Waals surface area contributed by atoms with Crippen molar-refractivity contribution in [2.24, 2.45) is 0 Å². The van der Waals surface area contributed by atoms with E-state index in [2.05, 4.69) is 9.84 Å². The molecule has 0 saturated heterocycles. The highest BCUT2D eigenvalue weighted by atomic mass is 16.6. The third-order valence-corrected chi connectivity index (χ3v) is 3.94. The molecule has 1 aliphatic rings. The quantitative estimate of drug-likeness (QED) is 0.808. The highest BCUT2D eigenvalue weighted by molar-refractivity contribution is 5.91. The van der Waals surface area contributed by atoms with Crippen LogP contribution in [0.1, 0.15) is 35.1 Å². The average molecular weight is 314 g/mol. The van der Waals surface area contributed by atoms with Crippen LogP contribution in [0.25, 0.3) is 5.69 Å². The van der Waals surface area contributed by atoms with Gasteiger partial charge in [-0.2, -0.15) is 5.10 Å². The molecule has 23 heavy (non-hydrogen) atoms. The number of carbonyl (C=O) groups excluding carboxylic acids is 2. The molecule has 1 aliphatic carbocycles. The Kier molecular flexibility index (Phi) is 4.14. The van der Waals surface area contributed by atoms with Gasteiger partial charge in [0.25, 0.3) is 0 Å². The lowest BCUT2D eigenvalue weighted by Crippen LogP contribution is -2.26. The minimum atomic E-state index is -0.952. The lowest BCUT2D eigenvalue weighted by atomic mass is 10.2. The van der Waals surface area contributed by atoms with Crippen molar-refractivity contribution in [2.75, 3.05) is 7.11 Å². The molecular formula is C17H18N2O4. The van der Waals surface area contributed by atoms with E-state index in [0.29, 0.717) is 0 Å². The summed E-state index contributed by atoms with van der Waals surface area (Å²) in [7, 11) is 1.26. The van der Waals surface area contributed by atoms with Crippen molar-refractivity contribution < 1.29 is 19.1 Å². The summed E-state index contributed by atoms with van der Waals surface area (Å²) in [6.45, 7) is 1.48. The van der Waals surface area contributed by atoms with Crippen LogP contribution in [0, 0.1) is 0 Å². The molecule has 1 heterocycles. The minimum absolute atomic E-state index is 0.289. The Bertz CT molecular complexity index is 737. The van der Waals surface area contributed by atoms with E-state index in [-0.39, 0.29) is 5.69 Å². The first-order chi connectivity index (χ1) is 11.1. The van der Waals surface area contributed by atoms with Crippen LogP contribution in [0.3, 0.4) is 0 Å². The maximum atomic E-state index is 12.4. The second kappa shape index (κ2) is 6.24. The number of benzene rings is 1. The standard InChI is InChI=1S/C17H18N2O4/c1-11(16(20)22-2)23-17(21)15-13-9-6-10-14(13)19(18-15)12-7-4-3-5-8-12/h3-5,7-8,11H,6,9-10H2,1-2H3/t11-/m1/s1. The summed E-state index contributed by atoms with van der Waals surface area (Å²) >= 11 is 0. The molecule has 1 atom stereocenters. The van der Waals surface area contributed by atoms with Gasteiger partial charge in [-0.3, -0.25) is 0 Å². The molecular weight excluding hydrogens is 296 g/mol. The van der Waals surface area contributed by atoms with Gasteiger partial charge in [0.2, 0.25) is 0 Å². The highest BCUT2D eigenvalue weighted by Crippen LogP contribution is 2.28. The largest absolute Gasteiger partial charge is 0.466 e. The molecule has 3 rings (SSSR count). The van der Waals surface area contributed by atoms with Gasteiger partial charge in [-0.15, -0.1) is 0 Å². The molecule has 0 saturated carbocycles. The normalized spacial score (nSPS) is 14.2. The van der Waals surface area contributed by atoms with Crippen molar-refractivity contribution in [2.45, 2.75) is 32.3 Å². The second-order valence-electron chi connectivity index (χ2n) is 5.45. The van der Waals surface area contributed by atoms with Gasteiger partial charge in [0.1, 0.15) is 0 Å². The summed E-state index contributed by atoms with van der Waals surface area (Å²) in [4.78, 5) is 23.8. The van der Waals surface area contributed by atoms with Gasteiger partial charge < -0.3 is 9.47 Å². The fourth-order valence-corrected chi connectivity index (χ4v) is 2.81. The van der Waals surface area contributed by atoms with Crippen LogP contribution in [0.4, 0.5) is 0 Å². The first-order valence-electron chi connectivity index (χ1n) is 7.57. The van der Waals surface area contributed by atoms with E-state index in [1.807, 2.05) is 30.3 Å². The van der Waals surface area contributed by atoms with Crippen LogP contribution in [-0.2, 0) is 27.1 Å². The third kappa shape index (κ3) is 2.84. The van der Waals surface area contributed by atoms with Gasteiger partial charge >= 0.3 is 11.9 Å². The summed E-state index contributed by atoms with van der Waals surface area (Å²) in [5, 5.41) is 4.43. The summed E-state index contributed by atoms with van der Waals surface area (Å²) in [5.74, 6) is -1.17. The van der Waals surface area contributed by atoms with Gasteiger partial charge in [-0.05, 0) is 38.3 Å². The molecule has 120 valence electrons. The molecule has 0 amide bonds. The number of esters is 2. The smallest absolute Gasteiger partial charge is 0.359 e. The summed E-state index contributed by atoms with van der Waals surface area (Å²) in [6, 6.07) is 9.67. The molecule has 1 aromatic heterocycles. The van der Waals surface area contributed by atoms with E-state index in [0.717, 1.165) is 36.2 Å². The number of ether oxygens (including phenoxy) is 2. The number of nitrogens with zero attached hydrogens (tertiary/aromatic N) is 2. The maximum Gasteiger partial charge on any atom is 0.359 e. The lowest BCUT2D eigenvalue weighted by molar-refractivity contribution is -0.149. The summed E-state index contributed by atoms with van der Waals surface area (Å²) in [6.07, 6.45) is 1.69. The third-order valence-electron chi connectivity index (χ3n) is 3.94. The Morgan fingerprint density at radius 3 is 2.65 bits per heavy atom. The Hall–Kier alpha value is -2.63. The van der Waals surface area contributed by atoms with E-state index >= 15 is 0 Å². The predicted molar refractivity (Wildman–Crippen MR) is 82.5 cm³/mol. The van der Waals surface area contributed by atoms with Crippen LogP contribution in [0.15, 0.2) is 30.3 Å². The molecule has 0 radical (unpaired) electrons. The first-order valence-corrected chi connectivity index (χ1v) is 7.57. The van der Waals surface area contributed by atoms with E-state index in [1.165, 1.54) is 14.0 Å². The fraction of sp³-hybridized carbons (Fsp3) is 0.353. The topological polar surface area (TPSA) is 70.4 Å². The Morgan fingerprint density at radius 1 is 1.22 bits per heavy atom. The summed E-state index contributed by atoms with van der Waals surface area (Å²) < 4.78 is 11.5. The number of aromatic nitrogens is 2. The van der Waals surface area contributed by atoms with Gasteiger partial charge in [0.05, 0.1) is 12.8 Å². The van der Waals surface area contributed by atoms with Crippen LogP contribution < -0.4 is 0 Å². The number of carbonyl (C=O) groups is 2. The molecule has 2 aromatic rings. The van der Waals surface area contributed by atoms with Crippen LogP contribution in [0.2, 0.25) is 0 Å². The Morgan fingerprint density at radius 2 is 1.96 bits per heavy atom. The maximum absolute atomic E-state index is 12.4. The first kappa shape index (κ1) is 15.3. The highest BCUT2D eigenvalue weighted by Gasteiger charge is 2.29. The van der Waals surface area contributed by atoms with E-state index in [1.54, 1.807) is 4.68 Å². The molecule has 0 fully saturated rings. The Labute approximate surface area is 134 Å². The molecule has 6 heteroatoms.